The maximum atomic E-state index is 3.50. The average molecular weight is 232 g/mol. The molecule has 1 aromatic carbocycles. The van der Waals surface area contributed by atoms with E-state index in [-0.39, 0.29) is 0 Å². The summed E-state index contributed by atoms with van der Waals surface area (Å²) < 4.78 is 0. The molecule has 1 heterocycles. The summed E-state index contributed by atoms with van der Waals surface area (Å²) in [6.07, 6.45) is 1.26. The molecule has 0 saturated carbocycles. The van der Waals surface area contributed by atoms with Crippen molar-refractivity contribution >= 4 is 5.69 Å². The Labute approximate surface area is 105 Å². The molecular formula is C15H24N2. The second kappa shape index (κ2) is 5.54. The number of nitrogens with one attached hydrogen (secondary N) is 1. The molecule has 2 rings (SSSR count). The zero-order valence-electron chi connectivity index (χ0n) is 11.2. The van der Waals surface area contributed by atoms with E-state index in [0.717, 1.165) is 13.1 Å². The molecule has 1 atom stereocenters. The van der Waals surface area contributed by atoms with Crippen LogP contribution in [0.3, 0.4) is 0 Å². The van der Waals surface area contributed by atoms with Gasteiger partial charge in [0, 0.05) is 24.2 Å². The van der Waals surface area contributed by atoms with Gasteiger partial charge in [0.05, 0.1) is 0 Å². The van der Waals surface area contributed by atoms with Gasteiger partial charge in [-0.3, -0.25) is 0 Å². The highest BCUT2D eigenvalue weighted by atomic mass is 15.1. The molecular weight excluding hydrogens is 208 g/mol. The molecule has 0 bridgehead atoms. The lowest BCUT2D eigenvalue weighted by Crippen LogP contribution is -2.32. The van der Waals surface area contributed by atoms with Crippen molar-refractivity contribution in [3.05, 3.63) is 29.8 Å². The number of anilines is 1. The van der Waals surface area contributed by atoms with Crippen LogP contribution in [-0.2, 0) is 0 Å². The minimum absolute atomic E-state index is 0.657. The van der Waals surface area contributed by atoms with E-state index < -0.39 is 0 Å². The number of hydrogen-bond acceptors (Lipinski definition) is 2. The monoisotopic (exact) mass is 232 g/mol. The van der Waals surface area contributed by atoms with Gasteiger partial charge in [-0.1, -0.05) is 25.1 Å². The van der Waals surface area contributed by atoms with E-state index in [1.54, 1.807) is 0 Å². The Hall–Kier alpha value is -1.02. The zero-order valence-corrected chi connectivity index (χ0v) is 11.2. The van der Waals surface area contributed by atoms with Crippen LogP contribution in [0.25, 0.3) is 0 Å². The summed E-state index contributed by atoms with van der Waals surface area (Å²) in [4.78, 5) is 2.54. The topological polar surface area (TPSA) is 15.3 Å². The third-order valence-electron chi connectivity index (χ3n) is 3.84. The second-order valence-electron chi connectivity index (χ2n) is 5.18. The van der Waals surface area contributed by atoms with Gasteiger partial charge in [-0.2, -0.15) is 0 Å². The Morgan fingerprint density at radius 3 is 2.82 bits per heavy atom. The fourth-order valence-corrected chi connectivity index (χ4v) is 2.72. The Morgan fingerprint density at radius 1 is 1.35 bits per heavy atom. The molecule has 94 valence electrons. The molecule has 0 fully saturated rings. The van der Waals surface area contributed by atoms with Gasteiger partial charge in [0.2, 0.25) is 0 Å². The predicted molar refractivity (Wildman–Crippen MR) is 74.7 cm³/mol. The molecule has 0 aromatic heterocycles. The van der Waals surface area contributed by atoms with Crippen LogP contribution in [-0.4, -0.2) is 30.6 Å². The number of nitrogens with zero attached hydrogens (tertiary/aromatic N) is 1. The van der Waals surface area contributed by atoms with Gasteiger partial charge in [0.1, 0.15) is 0 Å². The largest absolute Gasteiger partial charge is 0.384 e. The first-order valence-electron chi connectivity index (χ1n) is 6.79. The van der Waals surface area contributed by atoms with E-state index in [0.29, 0.717) is 12.0 Å². The highest BCUT2D eigenvalue weighted by Gasteiger charge is 2.22. The molecule has 1 N–H and O–H groups in total. The van der Waals surface area contributed by atoms with Crippen molar-refractivity contribution in [2.24, 2.45) is 0 Å². The lowest BCUT2D eigenvalue weighted by Gasteiger charge is -2.26. The van der Waals surface area contributed by atoms with Crippen LogP contribution in [0.1, 0.15) is 38.7 Å². The summed E-state index contributed by atoms with van der Waals surface area (Å²) in [5.74, 6) is 0.694. The normalized spacial score (nSPS) is 18.5. The van der Waals surface area contributed by atoms with E-state index >= 15 is 0 Å². The fraction of sp³-hybridized carbons (Fsp3) is 0.600. The Bertz CT molecular complexity index is 360. The molecule has 1 aliphatic rings. The standard InChI is InChI=1S/C15H24N2/c1-4-17(12(2)3)10-9-13-11-16-15-8-6-5-7-14(13)15/h5-8,12-13,16H,4,9-11H2,1-3H3. The molecule has 17 heavy (non-hydrogen) atoms. The molecule has 1 aromatic rings. The van der Waals surface area contributed by atoms with Gasteiger partial charge in [0.25, 0.3) is 0 Å². The maximum absolute atomic E-state index is 3.50. The van der Waals surface area contributed by atoms with Gasteiger partial charge in [-0.05, 0) is 45.0 Å². The maximum Gasteiger partial charge on any atom is 0.0376 e. The van der Waals surface area contributed by atoms with Crippen LogP contribution in [0.5, 0.6) is 0 Å². The number of rotatable bonds is 5. The van der Waals surface area contributed by atoms with E-state index in [4.69, 9.17) is 0 Å². The van der Waals surface area contributed by atoms with Crippen molar-refractivity contribution in [2.75, 3.05) is 25.0 Å². The van der Waals surface area contributed by atoms with Gasteiger partial charge in [-0.25, -0.2) is 0 Å². The minimum atomic E-state index is 0.657. The fourth-order valence-electron chi connectivity index (χ4n) is 2.72. The first kappa shape index (κ1) is 12.4. The third-order valence-corrected chi connectivity index (χ3v) is 3.84. The predicted octanol–water partition coefficient (Wildman–Crippen LogP) is 3.32. The molecule has 0 amide bonds. The van der Waals surface area contributed by atoms with Crippen LogP contribution in [0.2, 0.25) is 0 Å². The van der Waals surface area contributed by atoms with Crippen LogP contribution in [0, 0.1) is 0 Å². The van der Waals surface area contributed by atoms with Crippen LogP contribution >= 0.6 is 0 Å². The summed E-state index contributed by atoms with van der Waals surface area (Å²) in [5.41, 5.74) is 2.84. The van der Waals surface area contributed by atoms with Crippen molar-refractivity contribution in [3.63, 3.8) is 0 Å². The second-order valence-corrected chi connectivity index (χ2v) is 5.18. The van der Waals surface area contributed by atoms with Crippen LogP contribution in [0.4, 0.5) is 5.69 Å². The summed E-state index contributed by atoms with van der Waals surface area (Å²) in [6, 6.07) is 9.38. The Morgan fingerprint density at radius 2 is 2.12 bits per heavy atom. The average Bonchev–Trinajstić information content (AvgIpc) is 2.73. The summed E-state index contributed by atoms with van der Waals surface area (Å²) >= 11 is 0. The third kappa shape index (κ3) is 2.81. The van der Waals surface area contributed by atoms with Gasteiger partial charge >= 0.3 is 0 Å². The van der Waals surface area contributed by atoms with Gasteiger partial charge in [0.15, 0.2) is 0 Å². The SMILES string of the molecule is CCN(CCC1CNc2ccccc21)C(C)C. The first-order valence-corrected chi connectivity index (χ1v) is 6.79. The molecule has 1 unspecified atom stereocenters. The molecule has 2 nitrogen and oxygen atoms in total. The van der Waals surface area contributed by atoms with E-state index in [9.17, 15) is 0 Å². The molecule has 0 spiro atoms. The van der Waals surface area contributed by atoms with Gasteiger partial charge in [-0.15, -0.1) is 0 Å². The first-order chi connectivity index (χ1) is 8.22. The Kier molecular flexibility index (Phi) is 4.06. The number of para-hydroxylation sites is 1. The summed E-state index contributed by atoms with van der Waals surface area (Å²) in [6.45, 7) is 10.3. The molecule has 2 heteroatoms. The van der Waals surface area contributed by atoms with Crippen molar-refractivity contribution in [1.82, 2.24) is 4.90 Å². The molecule has 0 saturated heterocycles. The smallest absolute Gasteiger partial charge is 0.0376 e. The van der Waals surface area contributed by atoms with E-state index in [2.05, 4.69) is 55.3 Å². The van der Waals surface area contributed by atoms with E-state index in [1.807, 2.05) is 0 Å². The van der Waals surface area contributed by atoms with Crippen LogP contribution < -0.4 is 5.32 Å². The van der Waals surface area contributed by atoms with Crippen molar-refractivity contribution in [1.29, 1.82) is 0 Å². The zero-order chi connectivity index (χ0) is 12.3. The summed E-state index contributed by atoms with van der Waals surface area (Å²) in [7, 11) is 0. The van der Waals surface area contributed by atoms with Crippen molar-refractivity contribution in [2.45, 2.75) is 39.2 Å². The Balaban J connectivity index is 1.93. The van der Waals surface area contributed by atoms with E-state index in [1.165, 1.54) is 24.2 Å². The molecule has 1 aliphatic heterocycles. The summed E-state index contributed by atoms with van der Waals surface area (Å²) in [5, 5.41) is 3.50. The highest BCUT2D eigenvalue weighted by molar-refractivity contribution is 5.57. The lowest BCUT2D eigenvalue weighted by molar-refractivity contribution is 0.226. The number of benzene rings is 1. The van der Waals surface area contributed by atoms with Gasteiger partial charge < -0.3 is 10.2 Å². The molecule has 0 aliphatic carbocycles. The highest BCUT2D eigenvalue weighted by Crippen LogP contribution is 2.33. The van der Waals surface area contributed by atoms with Crippen molar-refractivity contribution in [3.8, 4) is 0 Å². The minimum Gasteiger partial charge on any atom is -0.384 e. The van der Waals surface area contributed by atoms with Crippen LogP contribution in [0.15, 0.2) is 24.3 Å². The number of fused-ring (bicyclic) bond motifs is 1. The number of hydrogen-bond donors (Lipinski definition) is 1. The lowest BCUT2D eigenvalue weighted by atomic mass is 9.97. The molecule has 0 radical (unpaired) electrons. The quantitative estimate of drug-likeness (QED) is 0.838. The van der Waals surface area contributed by atoms with Crippen molar-refractivity contribution < 1.29 is 0 Å².